The molecule has 2 rings (SSSR count). The summed E-state index contributed by atoms with van der Waals surface area (Å²) in [4.78, 5) is 11.9. The predicted octanol–water partition coefficient (Wildman–Crippen LogP) is 3.85. The lowest BCUT2D eigenvalue weighted by Crippen LogP contribution is -2.28. The Balaban J connectivity index is 1.84. The Kier molecular flexibility index (Phi) is 4.70. The van der Waals surface area contributed by atoms with Gasteiger partial charge in [0.25, 0.3) is 0 Å². The van der Waals surface area contributed by atoms with Crippen LogP contribution in [0.4, 0.5) is 4.39 Å². The van der Waals surface area contributed by atoms with Crippen LogP contribution in [0, 0.1) is 17.7 Å². The molecule has 1 aliphatic carbocycles. The van der Waals surface area contributed by atoms with Crippen LogP contribution in [0.5, 0.6) is 0 Å². The summed E-state index contributed by atoms with van der Waals surface area (Å²) in [6, 6.07) is 5.77. The topological polar surface area (TPSA) is 26.3 Å². The van der Waals surface area contributed by atoms with E-state index in [1.54, 1.807) is 12.1 Å². The Morgan fingerprint density at radius 1 is 1.32 bits per heavy atom. The fourth-order valence-electron chi connectivity index (χ4n) is 2.59. The van der Waals surface area contributed by atoms with E-state index in [0.717, 1.165) is 25.2 Å². The maximum atomic E-state index is 13.0. The van der Waals surface area contributed by atoms with Crippen molar-refractivity contribution in [2.75, 3.05) is 6.61 Å². The number of hydrogen-bond acceptors (Lipinski definition) is 2. The summed E-state index contributed by atoms with van der Waals surface area (Å²) >= 11 is 0. The first-order valence-electron chi connectivity index (χ1n) is 6.96. The van der Waals surface area contributed by atoms with Crippen LogP contribution in [0.15, 0.2) is 24.3 Å². The summed E-state index contributed by atoms with van der Waals surface area (Å²) < 4.78 is 18.7. The minimum Gasteiger partial charge on any atom is -0.370 e. The first-order chi connectivity index (χ1) is 9.06. The summed E-state index contributed by atoms with van der Waals surface area (Å²) in [5, 5.41) is 0. The van der Waals surface area contributed by atoms with Crippen LogP contribution in [0.1, 0.15) is 43.5 Å². The van der Waals surface area contributed by atoms with E-state index in [4.69, 9.17) is 4.74 Å². The quantitative estimate of drug-likeness (QED) is 0.772. The van der Waals surface area contributed by atoms with Gasteiger partial charge in [-0.05, 0) is 43.2 Å². The lowest BCUT2D eigenvalue weighted by molar-refractivity contribution is 0.00707. The molecule has 3 unspecified atom stereocenters. The van der Waals surface area contributed by atoms with Crippen molar-refractivity contribution in [2.45, 2.75) is 39.2 Å². The molecule has 1 saturated carbocycles. The fraction of sp³-hybridized carbons (Fsp3) is 0.562. The van der Waals surface area contributed by atoms with Crippen molar-refractivity contribution in [3.63, 3.8) is 0 Å². The molecule has 1 aromatic rings. The number of benzene rings is 1. The predicted molar refractivity (Wildman–Crippen MR) is 72.6 cm³/mol. The largest absolute Gasteiger partial charge is 0.370 e. The average Bonchev–Trinajstić information content (AvgIpc) is 2.40. The van der Waals surface area contributed by atoms with Gasteiger partial charge in [0, 0.05) is 5.56 Å². The van der Waals surface area contributed by atoms with Crippen LogP contribution in [-0.2, 0) is 4.74 Å². The van der Waals surface area contributed by atoms with Gasteiger partial charge in [-0.2, -0.15) is 0 Å². The zero-order chi connectivity index (χ0) is 13.8. The third-order valence-electron chi connectivity index (χ3n) is 4.15. The van der Waals surface area contributed by atoms with E-state index in [1.165, 1.54) is 12.1 Å². The number of carbonyl (C=O) groups is 1. The second kappa shape index (κ2) is 6.29. The van der Waals surface area contributed by atoms with Crippen LogP contribution in [-0.4, -0.2) is 18.5 Å². The molecule has 1 aromatic carbocycles. The molecule has 0 N–H and O–H groups in total. The standard InChI is InChI=1S/C16H21FO2/c1-11-6-7-15(8-12(11)2)19-10-16(18)13-4-3-5-14(17)9-13/h3-5,9,11-12,15H,6-8,10H2,1-2H3. The molecule has 0 aromatic heterocycles. The first-order valence-corrected chi connectivity index (χ1v) is 6.96. The molecule has 104 valence electrons. The summed E-state index contributed by atoms with van der Waals surface area (Å²) in [7, 11) is 0. The molecular formula is C16H21FO2. The molecule has 0 bridgehead atoms. The van der Waals surface area contributed by atoms with E-state index < -0.39 is 0 Å². The molecule has 19 heavy (non-hydrogen) atoms. The molecule has 2 nitrogen and oxygen atoms in total. The van der Waals surface area contributed by atoms with Crippen LogP contribution in [0.3, 0.4) is 0 Å². The van der Waals surface area contributed by atoms with Gasteiger partial charge in [-0.3, -0.25) is 4.79 Å². The highest BCUT2D eigenvalue weighted by Gasteiger charge is 2.25. The summed E-state index contributed by atoms with van der Waals surface area (Å²) in [6.45, 7) is 4.54. The Labute approximate surface area is 114 Å². The van der Waals surface area contributed by atoms with Gasteiger partial charge in [-0.1, -0.05) is 26.0 Å². The van der Waals surface area contributed by atoms with E-state index in [1.807, 2.05) is 0 Å². The van der Waals surface area contributed by atoms with E-state index in [-0.39, 0.29) is 24.3 Å². The molecule has 1 aliphatic rings. The van der Waals surface area contributed by atoms with Crippen molar-refractivity contribution in [2.24, 2.45) is 11.8 Å². The van der Waals surface area contributed by atoms with Gasteiger partial charge in [0.05, 0.1) is 6.10 Å². The normalized spacial score (nSPS) is 27.2. The van der Waals surface area contributed by atoms with Gasteiger partial charge in [0.2, 0.25) is 0 Å². The fourth-order valence-corrected chi connectivity index (χ4v) is 2.59. The molecular weight excluding hydrogens is 243 g/mol. The summed E-state index contributed by atoms with van der Waals surface area (Å²) in [6.07, 6.45) is 3.35. The molecule has 0 amide bonds. The van der Waals surface area contributed by atoms with Crippen LogP contribution < -0.4 is 0 Å². The number of Topliss-reactive ketones (excluding diaryl/α,β-unsaturated/α-hetero) is 1. The average molecular weight is 264 g/mol. The minimum atomic E-state index is -0.383. The summed E-state index contributed by atoms with van der Waals surface area (Å²) in [5.41, 5.74) is 0.386. The third-order valence-corrected chi connectivity index (χ3v) is 4.15. The second-order valence-electron chi connectivity index (χ2n) is 5.63. The molecule has 3 atom stereocenters. The van der Waals surface area contributed by atoms with Crippen molar-refractivity contribution in [1.29, 1.82) is 0 Å². The number of rotatable bonds is 4. The van der Waals surface area contributed by atoms with Gasteiger partial charge >= 0.3 is 0 Å². The SMILES string of the molecule is CC1CCC(OCC(=O)c2cccc(F)c2)CC1C. The molecule has 0 saturated heterocycles. The van der Waals surface area contributed by atoms with E-state index in [0.29, 0.717) is 11.5 Å². The number of carbonyl (C=O) groups excluding carboxylic acids is 1. The van der Waals surface area contributed by atoms with E-state index in [9.17, 15) is 9.18 Å². The molecule has 0 heterocycles. The Morgan fingerprint density at radius 3 is 2.79 bits per heavy atom. The number of ether oxygens (including phenoxy) is 1. The Morgan fingerprint density at radius 2 is 2.11 bits per heavy atom. The zero-order valence-corrected chi connectivity index (χ0v) is 11.6. The van der Waals surface area contributed by atoms with Gasteiger partial charge < -0.3 is 4.74 Å². The van der Waals surface area contributed by atoms with Gasteiger partial charge in [-0.15, -0.1) is 0 Å². The van der Waals surface area contributed by atoms with Crippen molar-refractivity contribution in [3.8, 4) is 0 Å². The van der Waals surface area contributed by atoms with Crippen molar-refractivity contribution < 1.29 is 13.9 Å². The maximum Gasteiger partial charge on any atom is 0.188 e. The first kappa shape index (κ1) is 14.2. The lowest BCUT2D eigenvalue weighted by Gasteiger charge is -2.31. The van der Waals surface area contributed by atoms with Gasteiger partial charge in [0.15, 0.2) is 5.78 Å². The van der Waals surface area contributed by atoms with Crippen molar-refractivity contribution in [1.82, 2.24) is 0 Å². The highest BCUT2D eigenvalue weighted by atomic mass is 19.1. The smallest absolute Gasteiger partial charge is 0.188 e. The zero-order valence-electron chi connectivity index (χ0n) is 11.6. The second-order valence-corrected chi connectivity index (χ2v) is 5.63. The molecule has 0 spiro atoms. The van der Waals surface area contributed by atoms with Crippen molar-refractivity contribution >= 4 is 5.78 Å². The molecule has 1 fully saturated rings. The number of halogens is 1. The molecule has 0 radical (unpaired) electrons. The van der Waals surface area contributed by atoms with Crippen molar-refractivity contribution in [3.05, 3.63) is 35.6 Å². The van der Waals surface area contributed by atoms with Crippen LogP contribution >= 0.6 is 0 Å². The minimum absolute atomic E-state index is 0.0508. The van der Waals surface area contributed by atoms with E-state index >= 15 is 0 Å². The Bertz CT molecular complexity index is 444. The van der Waals surface area contributed by atoms with E-state index in [2.05, 4.69) is 13.8 Å². The number of ketones is 1. The van der Waals surface area contributed by atoms with Gasteiger partial charge in [-0.25, -0.2) is 4.39 Å². The summed E-state index contributed by atoms with van der Waals surface area (Å²) in [5.74, 6) is 0.846. The Hall–Kier alpha value is -1.22. The monoisotopic (exact) mass is 264 g/mol. The molecule has 0 aliphatic heterocycles. The highest BCUT2D eigenvalue weighted by Crippen LogP contribution is 2.30. The third kappa shape index (κ3) is 3.87. The maximum absolute atomic E-state index is 13.0. The lowest BCUT2D eigenvalue weighted by atomic mass is 9.80. The van der Waals surface area contributed by atoms with Crippen LogP contribution in [0.2, 0.25) is 0 Å². The molecule has 3 heteroatoms. The van der Waals surface area contributed by atoms with Crippen LogP contribution in [0.25, 0.3) is 0 Å². The van der Waals surface area contributed by atoms with Gasteiger partial charge in [0.1, 0.15) is 12.4 Å². The number of hydrogen-bond donors (Lipinski definition) is 0. The highest BCUT2D eigenvalue weighted by molar-refractivity contribution is 5.97.